The summed E-state index contributed by atoms with van der Waals surface area (Å²) in [5, 5.41) is 5.49. The van der Waals surface area contributed by atoms with E-state index in [9.17, 15) is 9.59 Å². The number of ether oxygens (including phenoxy) is 1. The van der Waals surface area contributed by atoms with Gasteiger partial charge in [0.15, 0.2) is 5.13 Å². The van der Waals surface area contributed by atoms with Crippen molar-refractivity contribution in [1.82, 2.24) is 10.3 Å². The minimum Gasteiger partial charge on any atom is -0.497 e. The zero-order valence-corrected chi connectivity index (χ0v) is 13.4. The van der Waals surface area contributed by atoms with Crippen molar-refractivity contribution in [3.8, 4) is 5.75 Å². The van der Waals surface area contributed by atoms with Gasteiger partial charge in [-0.15, -0.1) is 11.3 Å². The van der Waals surface area contributed by atoms with Crippen LogP contribution in [0.5, 0.6) is 5.75 Å². The molecule has 0 aliphatic rings. The third-order valence-electron chi connectivity index (χ3n) is 3.07. The first-order chi connectivity index (χ1) is 10.5. The molecule has 0 spiro atoms. The fraction of sp³-hybridized carbons (Fsp3) is 0.267. The van der Waals surface area contributed by atoms with Crippen molar-refractivity contribution in [2.75, 3.05) is 12.4 Å². The van der Waals surface area contributed by atoms with E-state index in [0.29, 0.717) is 5.13 Å². The zero-order chi connectivity index (χ0) is 16.1. The van der Waals surface area contributed by atoms with Crippen LogP contribution in [-0.2, 0) is 16.1 Å². The molecule has 0 aliphatic heterocycles. The Bertz CT molecular complexity index is 660. The smallest absolute Gasteiger partial charge is 0.315 e. The Labute approximate surface area is 132 Å². The highest BCUT2D eigenvalue weighted by atomic mass is 32.1. The second-order valence-electron chi connectivity index (χ2n) is 4.65. The molecule has 0 saturated carbocycles. The molecule has 0 atom stereocenters. The monoisotopic (exact) mass is 319 g/mol. The molecule has 1 aromatic heterocycles. The molecule has 0 fully saturated rings. The summed E-state index contributed by atoms with van der Waals surface area (Å²) in [6.45, 7) is 4.03. The number of carbonyl (C=O) groups is 2. The van der Waals surface area contributed by atoms with E-state index in [4.69, 9.17) is 4.74 Å². The fourth-order valence-corrected chi connectivity index (χ4v) is 2.50. The molecule has 0 radical (unpaired) electrons. The average Bonchev–Trinajstić information content (AvgIpc) is 2.83. The van der Waals surface area contributed by atoms with Crippen LogP contribution in [0.1, 0.15) is 16.1 Å². The minimum absolute atomic E-state index is 0.270. The van der Waals surface area contributed by atoms with Gasteiger partial charge in [-0.1, -0.05) is 12.1 Å². The maximum Gasteiger partial charge on any atom is 0.315 e. The first-order valence-electron chi connectivity index (χ1n) is 6.65. The topological polar surface area (TPSA) is 80.3 Å². The van der Waals surface area contributed by atoms with Crippen molar-refractivity contribution >= 4 is 28.3 Å². The molecule has 2 amide bonds. The Balaban J connectivity index is 1.86. The molecule has 0 unspecified atom stereocenters. The van der Waals surface area contributed by atoms with Gasteiger partial charge < -0.3 is 10.1 Å². The largest absolute Gasteiger partial charge is 0.497 e. The lowest BCUT2D eigenvalue weighted by molar-refractivity contribution is -0.136. The average molecular weight is 319 g/mol. The van der Waals surface area contributed by atoms with Crippen molar-refractivity contribution in [3.63, 3.8) is 0 Å². The summed E-state index contributed by atoms with van der Waals surface area (Å²) in [6, 6.07) is 7.24. The number of hydrogen-bond donors (Lipinski definition) is 2. The van der Waals surface area contributed by atoms with Crippen LogP contribution in [0.25, 0.3) is 0 Å². The number of rotatable bonds is 4. The quantitative estimate of drug-likeness (QED) is 0.845. The number of nitrogens with one attached hydrogen (secondary N) is 2. The first kappa shape index (κ1) is 16.0. The number of aryl methyl sites for hydroxylation is 2. The van der Waals surface area contributed by atoms with Crippen molar-refractivity contribution in [2.45, 2.75) is 20.4 Å². The molecule has 2 aromatic rings. The summed E-state index contributed by atoms with van der Waals surface area (Å²) < 4.78 is 5.05. The predicted octanol–water partition coefficient (Wildman–Crippen LogP) is 2.02. The lowest BCUT2D eigenvalue weighted by atomic mass is 10.2. The van der Waals surface area contributed by atoms with E-state index in [1.807, 2.05) is 26.0 Å². The maximum atomic E-state index is 11.8. The van der Waals surface area contributed by atoms with E-state index in [1.54, 1.807) is 19.2 Å². The summed E-state index contributed by atoms with van der Waals surface area (Å²) >= 11 is 1.34. The number of thiazole rings is 1. The molecule has 0 bridgehead atoms. The number of amides is 2. The highest BCUT2D eigenvalue weighted by molar-refractivity contribution is 7.15. The number of anilines is 1. The third-order valence-corrected chi connectivity index (χ3v) is 4.06. The number of methoxy groups -OCH3 is 1. The Morgan fingerprint density at radius 3 is 2.41 bits per heavy atom. The molecule has 0 aliphatic carbocycles. The summed E-state index contributed by atoms with van der Waals surface area (Å²) in [7, 11) is 1.59. The van der Waals surface area contributed by atoms with Gasteiger partial charge >= 0.3 is 11.8 Å². The molecule has 1 heterocycles. The first-order valence-corrected chi connectivity index (χ1v) is 7.47. The van der Waals surface area contributed by atoms with Gasteiger partial charge in [-0.25, -0.2) is 4.98 Å². The minimum atomic E-state index is -0.720. The lowest BCUT2D eigenvalue weighted by Gasteiger charge is -2.06. The molecule has 0 saturated heterocycles. The molecule has 7 heteroatoms. The Kier molecular flexibility index (Phi) is 5.11. The van der Waals surface area contributed by atoms with Crippen LogP contribution in [0, 0.1) is 13.8 Å². The van der Waals surface area contributed by atoms with Crippen LogP contribution < -0.4 is 15.4 Å². The second kappa shape index (κ2) is 7.04. The second-order valence-corrected chi connectivity index (χ2v) is 5.85. The fourth-order valence-electron chi connectivity index (χ4n) is 1.69. The summed E-state index contributed by atoms with van der Waals surface area (Å²) in [5.41, 5.74) is 1.72. The number of carbonyl (C=O) groups excluding carboxylic acids is 2. The number of nitrogens with zero attached hydrogens (tertiary/aromatic N) is 1. The van der Waals surface area contributed by atoms with Crippen LogP contribution in [0.4, 0.5) is 5.13 Å². The highest BCUT2D eigenvalue weighted by Crippen LogP contribution is 2.20. The normalized spacial score (nSPS) is 10.1. The van der Waals surface area contributed by atoms with Crippen LogP contribution in [0.15, 0.2) is 24.3 Å². The van der Waals surface area contributed by atoms with E-state index in [0.717, 1.165) is 21.9 Å². The van der Waals surface area contributed by atoms with Gasteiger partial charge in [0.1, 0.15) is 5.75 Å². The molecular weight excluding hydrogens is 302 g/mol. The molecule has 2 N–H and O–H groups in total. The van der Waals surface area contributed by atoms with Gasteiger partial charge in [0.25, 0.3) is 0 Å². The number of aromatic nitrogens is 1. The van der Waals surface area contributed by atoms with Crippen molar-refractivity contribution < 1.29 is 14.3 Å². The molecule has 116 valence electrons. The third kappa shape index (κ3) is 4.05. The number of hydrogen-bond acceptors (Lipinski definition) is 5. The Morgan fingerprint density at radius 1 is 1.18 bits per heavy atom. The summed E-state index contributed by atoms with van der Waals surface area (Å²) in [5.74, 6) is -0.675. The molecule has 6 nitrogen and oxygen atoms in total. The van der Waals surface area contributed by atoms with E-state index in [1.165, 1.54) is 11.3 Å². The summed E-state index contributed by atoms with van der Waals surface area (Å²) in [6.07, 6.45) is 0. The van der Waals surface area contributed by atoms with Crippen LogP contribution in [0.3, 0.4) is 0 Å². The van der Waals surface area contributed by atoms with Crippen molar-refractivity contribution in [2.24, 2.45) is 0 Å². The standard InChI is InChI=1S/C15H17N3O3S/c1-9-10(2)22-15(17-9)18-14(20)13(19)16-8-11-4-6-12(21-3)7-5-11/h4-7H,8H2,1-3H3,(H,16,19)(H,17,18,20). The number of benzene rings is 1. The molecule has 22 heavy (non-hydrogen) atoms. The summed E-state index contributed by atoms with van der Waals surface area (Å²) in [4.78, 5) is 28.7. The van der Waals surface area contributed by atoms with Crippen molar-refractivity contribution in [1.29, 1.82) is 0 Å². The van der Waals surface area contributed by atoms with Crippen LogP contribution >= 0.6 is 11.3 Å². The molecule has 2 rings (SSSR count). The SMILES string of the molecule is COc1ccc(CNC(=O)C(=O)Nc2nc(C)c(C)s2)cc1. The zero-order valence-electron chi connectivity index (χ0n) is 12.6. The highest BCUT2D eigenvalue weighted by Gasteiger charge is 2.15. The van der Waals surface area contributed by atoms with E-state index in [-0.39, 0.29) is 6.54 Å². The predicted molar refractivity (Wildman–Crippen MR) is 85.1 cm³/mol. The molecule has 1 aromatic carbocycles. The van der Waals surface area contributed by atoms with E-state index < -0.39 is 11.8 Å². The van der Waals surface area contributed by atoms with Crippen LogP contribution in [-0.4, -0.2) is 23.9 Å². The maximum absolute atomic E-state index is 11.8. The van der Waals surface area contributed by atoms with E-state index in [2.05, 4.69) is 15.6 Å². The molecular formula is C15H17N3O3S. The van der Waals surface area contributed by atoms with Crippen LogP contribution in [0.2, 0.25) is 0 Å². The van der Waals surface area contributed by atoms with Gasteiger partial charge in [0, 0.05) is 11.4 Å². The van der Waals surface area contributed by atoms with Crippen molar-refractivity contribution in [3.05, 3.63) is 40.4 Å². The Hall–Kier alpha value is -2.41. The Morgan fingerprint density at radius 2 is 1.86 bits per heavy atom. The van der Waals surface area contributed by atoms with Gasteiger partial charge in [-0.2, -0.15) is 0 Å². The van der Waals surface area contributed by atoms with E-state index >= 15 is 0 Å². The van der Waals surface area contributed by atoms with Gasteiger partial charge in [0.05, 0.1) is 12.8 Å². The van der Waals surface area contributed by atoms with Gasteiger partial charge in [-0.3, -0.25) is 14.9 Å². The van der Waals surface area contributed by atoms with Gasteiger partial charge in [0.2, 0.25) is 0 Å². The van der Waals surface area contributed by atoms with Gasteiger partial charge in [-0.05, 0) is 31.5 Å². The lowest BCUT2D eigenvalue weighted by Crippen LogP contribution is -2.34.